The number of hydrogen-bond donors (Lipinski definition) is 5. The number of Topliss-reactive ketones (excluding diaryl/α,β-unsaturated/α-hetero) is 1. The van der Waals surface area contributed by atoms with Gasteiger partial charge in [0.2, 0.25) is 17.7 Å². The summed E-state index contributed by atoms with van der Waals surface area (Å²) in [6, 6.07) is 4.85. The van der Waals surface area contributed by atoms with Crippen LogP contribution in [0.1, 0.15) is 37.2 Å². The Balaban J connectivity index is 0.000000739. The SMILES string of the molecule is CC(C)(F)F.O=C(CNC(=O)c1cc2cccc(F)c2[nH]1)N[C@@H](C[C@@H]1CCNC1=O)C(=O)CO. The molecule has 1 fully saturated rings. The molecule has 1 saturated heterocycles. The minimum Gasteiger partial charge on any atom is -0.389 e. The molecule has 2 heterocycles. The van der Waals surface area contributed by atoms with Gasteiger partial charge in [-0.15, -0.1) is 0 Å². The number of benzene rings is 1. The van der Waals surface area contributed by atoms with Crippen molar-refractivity contribution in [2.45, 2.75) is 38.7 Å². The predicted molar refractivity (Wildman–Crippen MR) is 117 cm³/mol. The van der Waals surface area contributed by atoms with E-state index in [1.165, 1.54) is 18.2 Å². The monoisotopic (exact) mass is 484 g/mol. The van der Waals surface area contributed by atoms with E-state index in [1.54, 1.807) is 6.07 Å². The fourth-order valence-electron chi connectivity index (χ4n) is 3.28. The second kappa shape index (κ2) is 11.6. The summed E-state index contributed by atoms with van der Waals surface area (Å²) in [6.07, 6.45) is 0.615. The van der Waals surface area contributed by atoms with Gasteiger partial charge in [0.1, 0.15) is 18.1 Å². The molecule has 12 heteroatoms. The molecule has 3 rings (SSSR count). The lowest BCUT2D eigenvalue weighted by molar-refractivity contribution is -0.130. The van der Waals surface area contributed by atoms with Crippen LogP contribution in [0.3, 0.4) is 0 Å². The van der Waals surface area contributed by atoms with Crippen LogP contribution in [-0.2, 0) is 14.4 Å². The van der Waals surface area contributed by atoms with Crippen LogP contribution in [0.25, 0.3) is 10.9 Å². The van der Waals surface area contributed by atoms with E-state index in [1.807, 2.05) is 0 Å². The Bertz CT molecular complexity index is 1040. The van der Waals surface area contributed by atoms with E-state index in [2.05, 4.69) is 20.9 Å². The number of halogens is 3. The summed E-state index contributed by atoms with van der Waals surface area (Å²) in [5.74, 6) is -5.50. The van der Waals surface area contributed by atoms with Gasteiger partial charge in [0.15, 0.2) is 5.78 Å². The molecule has 0 unspecified atom stereocenters. The van der Waals surface area contributed by atoms with Crippen molar-refractivity contribution < 1.29 is 37.5 Å². The molecule has 186 valence electrons. The van der Waals surface area contributed by atoms with E-state index in [0.29, 0.717) is 18.4 Å². The number of amides is 3. The number of alkyl halides is 2. The number of aliphatic hydroxyl groups excluding tert-OH is 1. The number of carbonyl (C=O) groups excluding carboxylic acids is 4. The normalized spacial score (nSPS) is 16.3. The van der Waals surface area contributed by atoms with Gasteiger partial charge in [-0.3, -0.25) is 19.2 Å². The first-order valence-corrected chi connectivity index (χ1v) is 10.5. The van der Waals surface area contributed by atoms with Crippen molar-refractivity contribution in [3.63, 3.8) is 0 Å². The van der Waals surface area contributed by atoms with Gasteiger partial charge >= 0.3 is 0 Å². The van der Waals surface area contributed by atoms with E-state index < -0.39 is 54.4 Å². The number of rotatable bonds is 8. The average Bonchev–Trinajstić information content (AvgIpc) is 3.37. The average molecular weight is 484 g/mol. The summed E-state index contributed by atoms with van der Waals surface area (Å²) < 4.78 is 35.8. The van der Waals surface area contributed by atoms with Gasteiger partial charge in [-0.05, 0) is 38.8 Å². The number of aromatic nitrogens is 1. The smallest absolute Gasteiger partial charge is 0.268 e. The highest BCUT2D eigenvalue weighted by molar-refractivity contribution is 6.00. The molecule has 0 bridgehead atoms. The van der Waals surface area contributed by atoms with Crippen molar-refractivity contribution >= 4 is 34.4 Å². The predicted octanol–water partition coefficient (Wildman–Crippen LogP) is 1.27. The molecular formula is C22H27F3N4O5. The first-order chi connectivity index (χ1) is 15.9. The standard InChI is InChI=1S/C19H21FN4O5.C3H6F2/c20-12-3-1-2-10-6-14(24-17(10)12)19(29)22-8-16(27)23-13(15(26)9-25)7-11-4-5-21-18(11)28;1-3(2,4)5/h1-3,6,11,13,24-25H,4-5,7-9H2,(H,21,28)(H,22,29)(H,23,27);1-2H3/t11-,13-;/m0./s1. The minimum absolute atomic E-state index is 0.0756. The summed E-state index contributed by atoms with van der Waals surface area (Å²) in [5.41, 5.74) is 0.272. The molecule has 3 amide bonds. The van der Waals surface area contributed by atoms with Crippen molar-refractivity contribution in [2.24, 2.45) is 5.92 Å². The summed E-state index contributed by atoms with van der Waals surface area (Å²) >= 11 is 0. The van der Waals surface area contributed by atoms with Gasteiger partial charge in [0.05, 0.1) is 18.1 Å². The summed E-state index contributed by atoms with van der Waals surface area (Å²) in [5, 5.41) is 17.1. The second-order valence-corrected chi connectivity index (χ2v) is 8.15. The van der Waals surface area contributed by atoms with Crippen molar-refractivity contribution in [3.8, 4) is 0 Å². The first-order valence-electron chi connectivity index (χ1n) is 10.5. The van der Waals surface area contributed by atoms with E-state index in [4.69, 9.17) is 5.11 Å². The summed E-state index contributed by atoms with van der Waals surface area (Å²) in [7, 11) is 0. The highest BCUT2D eigenvalue weighted by Gasteiger charge is 2.31. The number of nitrogens with one attached hydrogen (secondary N) is 4. The van der Waals surface area contributed by atoms with Crippen LogP contribution < -0.4 is 16.0 Å². The maximum Gasteiger partial charge on any atom is 0.268 e. The van der Waals surface area contributed by atoms with Crippen LogP contribution in [0.2, 0.25) is 0 Å². The second-order valence-electron chi connectivity index (χ2n) is 8.15. The molecule has 0 aliphatic carbocycles. The molecule has 5 N–H and O–H groups in total. The Morgan fingerprint density at radius 3 is 2.50 bits per heavy atom. The number of fused-ring (bicyclic) bond motifs is 1. The third-order valence-electron chi connectivity index (χ3n) is 4.82. The maximum absolute atomic E-state index is 13.7. The molecule has 2 atom stereocenters. The Labute approximate surface area is 193 Å². The van der Waals surface area contributed by atoms with Crippen molar-refractivity contribution in [1.29, 1.82) is 0 Å². The molecule has 1 aliphatic heterocycles. The van der Waals surface area contributed by atoms with E-state index >= 15 is 0 Å². The van der Waals surface area contributed by atoms with Crippen molar-refractivity contribution in [2.75, 3.05) is 19.7 Å². The maximum atomic E-state index is 13.7. The molecule has 9 nitrogen and oxygen atoms in total. The quantitative estimate of drug-likeness (QED) is 0.384. The van der Waals surface area contributed by atoms with E-state index in [0.717, 1.165) is 13.8 Å². The van der Waals surface area contributed by atoms with Crippen LogP contribution in [-0.4, -0.2) is 65.3 Å². The molecule has 34 heavy (non-hydrogen) atoms. The lowest BCUT2D eigenvalue weighted by Crippen LogP contribution is -2.47. The molecular weight excluding hydrogens is 457 g/mol. The Hall–Kier alpha value is -3.41. The number of ketones is 1. The van der Waals surface area contributed by atoms with Crippen LogP contribution in [0.5, 0.6) is 0 Å². The number of aromatic amines is 1. The van der Waals surface area contributed by atoms with Gasteiger partial charge in [-0.1, -0.05) is 12.1 Å². The minimum atomic E-state index is -2.50. The highest BCUT2D eigenvalue weighted by atomic mass is 19.3. The van der Waals surface area contributed by atoms with Crippen LogP contribution in [0.4, 0.5) is 13.2 Å². The number of aliphatic hydroxyl groups is 1. The van der Waals surface area contributed by atoms with Crippen molar-refractivity contribution in [1.82, 2.24) is 20.9 Å². The lowest BCUT2D eigenvalue weighted by atomic mass is 9.96. The summed E-state index contributed by atoms with van der Waals surface area (Å²) in [6.45, 7) is 1.01. The van der Waals surface area contributed by atoms with Crippen LogP contribution >= 0.6 is 0 Å². The van der Waals surface area contributed by atoms with Crippen molar-refractivity contribution in [3.05, 3.63) is 35.8 Å². The molecule has 1 aliphatic rings. The molecule has 2 aromatic rings. The fourth-order valence-corrected chi connectivity index (χ4v) is 3.28. The Morgan fingerprint density at radius 1 is 1.26 bits per heavy atom. The zero-order chi connectivity index (χ0) is 25.5. The largest absolute Gasteiger partial charge is 0.389 e. The van der Waals surface area contributed by atoms with Gasteiger partial charge in [0.25, 0.3) is 5.91 Å². The number of H-pyrrole nitrogens is 1. The third-order valence-corrected chi connectivity index (χ3v) is 4.82. The van der Waals surface area contributed by atoms with Crippen LogP contribution in [0.15, 0.2) is 24.3 Å². The molecule has 0 saturated carbocycles. The molecule has 0 spiro atoms. The topological polar surface area (TPSA) is 140 Å². The number of carbonyl (C=O) groups is 4. The number of para-hydroxylation sites is 1. The van der Waals surface area contributed by atoms with Gasteiger partial charge in [-0.2, -0.15) is 0 Å². The number of hydrogen-bond acceptors (Lipinski definition) is 5. The Kier molecular flexibility index (Phi) is 9.19. The zero-order valence-corrected chi connectivity index (χ0v) is 18.7. The third kappa shape index (κ3) is 8.18. The molecule has 0 radical (unpaired) electrons. The molecule has 1 aromatic carbocycles. The fraction of sp³-hybridized carbons (Fsp3) is 0.455. The van der Waals surface area contributed by atoms with Gasteiger partial charge < -0.3 is 26.0 Å². The van der Waals surface area contributed by atoms with E-state index in [9.17, 15) is 32.3 Å². The van der Waals surface area contributed by atoms with Gasteiger partial charge in [-0.25, -0.2) is 13.2 Å². The highest BCUT2D eigenvalue weighted by Crippen LogP contribution is 2.18. The van der Waals surface area contributed by atoms with E-state index in [-0.39, 0.29) is 23.5 Å². The Morgan fingerprint density at radius 2 is 1.94 bits per heavy atom. The zero-order valence-electron chi connectivity index (χ0n) is 18.7. The molecule has 1 aromatic heterocycles. The summed E-state index contributed by atoms with van der Waals surface area (Å²) in [4.78, 5) is 50.6. The van der Waals surface area contributed by atoms with Crippen LogP contribution in [0, 0.1) is 11.7 Å². The lowest BCUT2D eigenvalue weighted by Gasteiger charge is -2.19. The first kappa shape index (κ1) is 26.8. The van der Waals surface area contributed by atoms with Gasteiger partial charge in [0, 0.05) is 17.8 Å².